The minimum absolute atomic E-state index is 0.173. The summed E-state index contributed by atoms with van der Waals surface area (Å²) < 4.78 is 6.63. The van der Waals surface area contributed by atoms with Gasteiger partial charge in [-0.2, -0.15) is 0 Å². The van der Waals surface area contributed by atoms with Crippen molar-refractivity contribution in [1.82, 2.24) is 0 Å². The van der Waals surface area contributed by atoms with Crippen LogP contribution in [0.15, 0.2) is 75.7 Å². The van der Waals surface area contributed by atoms with Crippen molar-refractivity contribution in [3.8, 4) is 5.75 Å². The normalized spacial score (nSPS) is 11.2. The maximum absolute atomic E-state index is 12.0. The third-order valence-electron chi connectivity index (χ3n) is 3.42. The number of carbonyl (C=O) groups excluding carboxylic acids is 1. The molecule has 2 aromatic carbocycles. The molecule has 0 bridgehead atoms. The van der Waals surface area contributed by atoms with Crippen LogP contribution in [0.2, 0.25) is 0 Å². The summed E-state index contributed by atoms with van der Waals surface area (Å²) >= 11 is 4.86. The maximum Gasteiger partial charge on any atom is 0.365 e. The maximum atomic E-state index is 12.0. The van der Waals surface area contributed by atoms with E-state index >= 15 is 0 Å². The summed E-state index contributed by atoms with van der Waals surface area (Å²) in [7, 11) is 0. The zero-order valence-corrected chi connectivity index (χ0v) is 16.0. The molecule has 3 aromatic rings. The van der Waals surface area contributed by atoms with Crippen LogP contribution >= 0.6 is 27.3 Å². The molecule has 0 aliphatic heterocycles. The Kier molecular flexibility index (Phi) is 6.04. The van der Waals surface area contributed by atoms with Crippen LogP contribution in [0.5, 0.6) is 5.75 Å². The van der Waals surface area contributed by atoms with Crippen LogP contribution in [0.3, 0.4) is 0 Å². The Morgan fingerprint density at radius 2 is 1.85 bits per heavy atom. The standard InChI is InChI=1S/C19H15BrN2O3S/c20-15-4-1-2-5-16(15)24-12-13-7-9-14(10-8-13)19(23)25-22-18(21)17-6-3-11-26-17/h1-11H,12H2,(H2,21,22). The highest BCUT2D eigenvalue weighted by molar-refractivity contribution is 9.10. The molecule has 0 aliphatic carbocycles. The average Bonchev–Trinajstić information content (AvgIpc) is 3.20. The Morgan fingerprint density at radius 3 is 2.54 bits per heavy atom. The lowest BCUT2D eigenvalue weighted by atomic mass is 10.1. The smallest absolute Gasteiger partial charge is 0.365 e. The zero-order valence-electron chi connectivity index (χ0n) is 13.6. The molecule has 0 fully saturated rings. The molecule has 0 spiro atoms. The van der Waals surface area contributed by atoms with Gasteiger partial charge in [-0.05, 0) is 57.2 Å². The van der Waals surface area contributed by atoms with Crippen LogP contribution in [-0.4, -0.2) is 11.8 Å². The molecule has 0 saturated heterocycles. The van der Waals surface area contributed by atoms with E-state index in [-0.39, 0.29) is 5.84 Å². The first-order chi connectivity index (χ1) is 12.6. The minimum atomic E-state index is -0.567. The lowest BCUT2D eigenvalue weighted by Gasteiger charge is -2.08. The molecule has 0 radical (unpaired) electrons. The molecule has 0 unspecified atom stereocenters. The molecule has 2 N–H and O–H groups in total. The zero-order chi connectivity index (χ0) is 18.4. The van der Waals surface area contributed by atoms with E-state index in [1.807, 2.05) is 35.7 Å². The molecule has 0 aliphatic rings. The molecule has 0 amide bonds. The Balaban J connectivity index is 1.57. The van der Waals surface area contributed by atoms with Gasteiger partial charge in [0.2, 0.25) is 0 Å². The van der Waals surface area contributed by atoms with Gasteiger partial charge in [0, 0.05) is 0 Å². The van der Waals surface area contributed by atoms with E-state index in [2.05, 4.69) is 21.1 Å². The molecule has 5 nitrogen and oxygen atoms in total. The quantitative estimate of drug-likeness (QED) is 0.269. The number of amidine groups is 1. The summed E-state index contributed by atoms with van der Waals surface area (Å²) in [6.45, 7) is 0.390. The molecular formula is C19H15BrN2O3S. The van der Waals surface area contributed by atoms with Gasteiger partial charge in [-0.15, -0.1) is 11.3 Å². The number of benzene rings is 2. The third-order valence-corrected chi connectivity index (χ3v) is 4.97. The number of hydrogen-bond donors (Lipinski definition) is 1. The summed E-state index contributed by atoms with van der Waals surface area (Å²) in [6.07, 6.45) is 0. The van der Waals surface area contributed by atoms with Crippen LogP contribution in [0.4, 0.5) is 0 Å². The van der Waals surface area contributed by atoms with Crippen molar-refractivity contribution in [2.75, 3.05) is 0 Å². The van der Waals surface area contributed by atoms with Crippen molar-refractivity contribution in [1.29, 1.82) is 0 Å². The SMILES string of the molecule is N/C(=N\OC(=O)c1ccc(COc2ccccc2Br)cc1)c1cccs1. The number of para-hydroxylation sites is 1. The van der Waals surface area contributed by atoms with Crippen molar-refractivity contribution >= 4 is 39.1 Å². The van der Waals surface area contributed by atoms with Crippen LogP contribution in [-0.2, 0) is 11.4 Å². The second kappa shape index (κ2) is 8.64. The number of nitrogens with two attached hydrogens (primary N) is 1. The number of nitrogens with zero attached hydrogens (tertiary/aromatic N) is 1. The van der Waals surface area contributed by atoms with Gasteiger partial charge in [0.05, 0.1) is 14.9 Å². The van der Waals surface area contributed by atoms with Crippen LogP contribution in [0.1, 0.15) is 20.8 Å². The van der Waals surface area contributed by atoms with Gasteiger partial charge in [0.15, 0.2) is 5.84 Å². The number of rotatable bonds is 6. The molecule has 3 rings (SSSR count). The van der Waals surface area contributed by atoms with E-state index in [0.29, 0.717) is 12.2 Å². The summed E-state index contributed by atoms with van der Waals surface area (Å²) in [5.74, 6) is 0.365. The first kappa shape index (κ1) is 18.2. The summed E-state index contributed by atoms with van der Waals surface area (Å²) in [6, 6.07) is 18.2. The molecular weight excluding hydrogens is 416 g/mol. The van der Waals surface area contributed by atoms with E-state index in [4.69, 9.17) is 15.3 Å². The first-order valence-corrected chi connectivity index (χ1v) is 9.35. The van der Waals surface area contributed by atoms with Crippen molar-refractivity contribution in [2.45, 2.75) is 6.61 Å². The largest absolute Gasteiger partial charge is 0.488 e. The second-order valence-corrected chi connectivity index (χ2v) is 7.05. The lowest BCUT2D eigenvalue weighted by molar-refractivity contribution is 0.0516. The van der Waals surface area contributed by atoms with E-state index < -0.39 is 5.97 Å². The van der Waals surface area contributed by atoms with E-state index in [1.54, 1.807) is 30.3 Å². The highest BCUT2D eigenvalue weighted by atomic mass is 79.9. The minimum Gasteiger partial charge on any atom is -0.488 e. The molecule has 26 heavy (non-hydrogen) atoms. The number of carbonyl (C=O) groups is 1. The van der Waals surface area contributed by atoms with Gasteiger partial charge in [0.25, 0.3) is 0 Å². The molecule has 1 aromatic heterocycles. The van der Waals surface area contributed by atoms with Gasteiger partial charge < -0.3 is 15.3 Å². The summed E-state index contributed by atoms with van der Waals surface area (Å²) in [4.78, 5) is 17.7. The number of oxime groups is 1. The molecule has 132 valence electrons. The van der Waals surface area contributed by atoms with Crippen LogP contribution in [0.25, 0.3) is 0 Å². The fraction of sp³-hybridized carbons (Fsp3) is 0.0526. The van der Waals surface area contributed by atoms with Crippen molar-refractivity contribution in [3.05, 3.63) is 86.5 Å². The molecule has 1 heterocycles. The third kappa shape index (κ3) is 4.71. The second-order valence-electron chi connectivity index (χ2n) is 5.25. The van der Waals surface area contributed by atoms with Gasteiger partial charge in [-0.25, -0.2) is 4.79 Å². The number of halogens is 1. The number of thiophene rings is 1. The van der Waals surface area contributed by atoms with E-state index in [1.165, 1.54) is 11.3 Å². The lowest BCUT2D eigenvalue weighted by Crippen LogP contribution is -2.13. The Labute approximate surface area is 163 Å². The van der Waals surface area contributed by atoms with Crippen molar-refractivity contribution in [3.63, 3.8) is 0 Å². The van der Waals surface area contributed by atoms with E-state index in [9.17, 15) is 4.79 Å². The molecule has 0 saturated carbocycles. The van der Waals surface area contributed by atoms with E-state index in [0.717, 1.165) is 20.7 Å². The number of hydrogen-bond acceptors (Lipinski definition) is 5. The predicted molar refractivity (Wildman–Crippen MR) is 105 cm³/mol. The van der Waals surface area contributed by atoms with Gasteiger partial charge in [-0.1, -0.05) is 35.5 Å². The Hall–Kier alpha value is -2.64. The monoisotopic (exact) mass is 430 g/mol. The fourth-order valence-electron chi connectivity index (χ4n) is 2.07. The number of ether oxygens (including phenoxy) is 1. The van der Waals surface area contributed by atoms with Crippen molar-refractivity contribution < 1.29 is 14.4 Å². The fourth-order valence-corrected chi connectivity index (χ4v) is 3.09. The molecule has 7 heteroatoms. The highest BCUT2D eigenvalue weighted by Gasteiger charge is 2.09. The predicted octanol–water partition coefficient (Wildman–Crippen LogP) is 4.57. The van der Waals surface area contributed by atoms with Gasteiger partial charge in [-0.3, -0.25) is 0 Å². The van der Waals surface area contributed by atoms with Crippen LogP contribution < -0.4 is 10.5 Å². The van der Waals surface area contributed by atoms with Gasteiger partial charge in [0.1, 0.15) is 12.4 Å². The highest BCUT2D eigenvalue weighted by Crippen LogP contribution is 2.24. The van der Waals surface area contributed by atoms with Crippen LogP contribution in [0, 0.1) is 0 Å². The Morgan fingerprint density at radius 1 is 1.08 bits per heavy atom. The summed E-state index contributed by atoms with van der Waals surface area (Å²) in [5, 5.41) is 5.55. The first-order valence-electron chi connectivity index (χ1n) is 7.68. The van der Waals surface area contributed by atoms with Gasteiger partial charge >= 0.3 is 5.97 Å². The average molecular weight is 431 g/mol. The van der Waals surface area contributed by atoms with Crippen molar-refractivity contribution in [2.24, 2.45) is 10.9 Å². The Bertz CT molecular complexity index is 909. The summed E-state index contributed by atoms with van der Waals surface area (Å²) in [5.41, 5.74) is 7.08. The molecule has 0 atom stereocenters. The topological polar surface area (TPSA) is 73.9 Å².